The number of carbonyl (C=O) groups is 2. The highest BCUT2D eigenvalue weighted by molar-refractivity contribution is 6.31. The summed E-state index contributed by atoms with van der Waals surface area (Å²) in [7, 11) is 0. The fourth-order valence-corrected chi connectivity index (χ4v) is 3.57. The summed E-state index contributed by atoms with van der Waals surface area (Å²) in [5.74, 6) is -0.544. The van der Waals surface area contributed by atoms with E-state index in [1.807, 2.05) is 36.9 Å². The third-order valence-corrected chi connectivity index (χ3v) is 5.53. The Morgan fingerprint density at radius 1 is 1.13 bits per heavy atom. The van der Waals surface area contributed by atoms with Gasteiger partial charge in [-0.05, 0) is 43.2 Å². The summed E-state index contributed by atoms with van der Waals surface area (Å²) in [5, 5.41) is 14.4. The molecule has 1 heterocycles. The van der Waals surface area contributed by atoms with Crippen LogP contribution in [0.2, 0.25) is 5.02 Å². The van der Waals surface area contributed by atoms with Gasteiger partial charge in [0.25, 0.3) is 11.6 Å². The van der Waals surface area contributed by atoms with Crippen LogP contribution < -0.4 is 5.32 Å². The molecule has 1 aliphatic heterocycles. The first kappa shape index (κ1) is 21.7. The zero-order valence-electron chi connectivity index (χ0n) is 16.9. The molecule has 1 saturated heterocycles. The maximum atomic E-state index is 12.8. The molecule has 0 unspecified atom stereocenters. The summed E-state index contributed by atoms with van der Waals surface area (Å²) < 4.78 is 0. The van der Waals surface area contributed by atoms with Crippen molar-refractivity contribution in [3.63, 3.8) is 0 Å². The van der Waals surface area contributed by atoms with Crippen LogP contribution in [0.5, 0.6) is 0 Å². The summed E-state index contributed by atoms with van der Waals surface area (Å²) in [4.78, 5) is 39.3. The predicted octanol–water partition coefficient (Wildman–Crippen LogP) is 3.26. The van der Waals surface area contributed by atoms with Gasteiger partial charge in [-0.2, -0.15) is 0 Å². The first-order chi connectivity index (χ1) is 14.3. The molecule has 1 aliphatic rings. The number of nitrogens with zero attached hydrogens (tertiary/aromatic N) is 3. The van der Waals surface area contributed by atoms with Crippen LogP contribution >= 0.6 is 11.6 Å². The van der Waals surface area contributed by atoms with Crippen molar-refractivity contribution in [3.8, 4) is 0 Å². The maximum Gasteiger partial charge on any atom is 0.282 e. The van der Waals surface area contributed by atoms with Crippen molar-refractivity contribution in [2.45, 2.75) is 13.8 Å². The van der Waals surface area contributed by atoms with E-state index >= 15 is 0 Å². The lowest BCUT2D eigenvalue weighted by Crippen LogP contribution is -2.50. The number of carbonyl (C=O) groups excluding carboxylic acids is 2. The number of rotatable bonds is 5. The summed E-state index contributed by atoms with van der Waals surface area (Å²) in [5.41, 5.74) is 2.65. The predicted molar refractivity (Wildman–Crippen MR) is 115 cm³/mol. The Hall–Kier alpha value is -2.97. The quantitative estimate of drug-likeness (QED) is 0.580. The van der Waals surface area contributed by atoms with Crippen LogP contribution in [0.1, 0.15) is 21.5 Å². The number of hydrogen-bond donors (Lipinski definition) is 1. The molecule has 9 heteroatoms. The molecule has 3 rings (SSSR count). The zero-order valence-corrected chi connectivity index (χ0v) is 17.6. The Bertz CT molecular complexity index is 987. The fourth-order valence-electron chi connectivity index (χ4n) is 3.40. The number of anilines is 1. The SMILES string of the molecule is Cc1cccc(NC(=O)CN2CCN(C(=O)c3cc(Cl)ccc3[N+](=O)[O-])CC2)c1C. The Kier molecular flexibility index (Phi) is 6.69. The van der Waals surface area contributed by atoms with Crippen molar-refractivity contribution in [3.05, 3.63) is 68.2 Å². The van der Waals surface area contributed by atoms with Crippen molar-refractivity contribution < 1.29 is 14.5 Å². The lowest BCUT2D eigenvalue weighted by molar-refractivity contribution is -0.385. The number of benzene rings is 2. The number of amides is 2. The Labute approximate surface area is 179 Å². The number of nitro groups is 1. The van der Waals surface area contributed by atoms with Gasteiger partial charge in [-0.1, -0.05) is 23.7 Å². The normalized spacial score (nSPS) is 14.4. The first-order valence-electron chi connectivity index (χ1n) is 9.58. The molecule has 0 atom stereocenters. The van der Waals surface area contributed by atoms with E-state index in [1.165, 1.54) is 18.2 Å². The van der Waals surface area contributed by atoms with Gasteiger partial charge < -0.3 is 10.2 Å². The molecule has 0 bridgehead atoms. The topological polar surface area (TPSA) is 95.8 Å². The van der Waals surface area contributed by atoms with Crippen LogP contribution in [0.25, 0.3) is 0 Å². The molecule has 1 N–H and O–H groups in total. The number of nitro benzene ring substituents is 1. The van der Waals surface area contributed by atoms with Gasteiger partial charge in [0.2, 0.25) is 5.91 Å². The van der Waals surface area contributed by atoms with E-state index in [0.717, 1.165) is 16.8 Å². The zero-order chi connectivity index (χ0) is 21.8. The molecule has 2 amide bonds. The van der Waals surface area contributed by atoms with Crippen molar-refractivity contribution in [1.29, 1.82) is 0 Å². The highest BCUT2D eigenvalue weighted by atomic mass is 35.5. The fraction of sp³-hybridized carbons (Fsp3) is 0.333. The number of halogens is 1. The van der Waals surface area contributed by atoms with Crippen LogP contribution in [0.15, 0.2) is 36.4 Å². The van der Waals surface area contributed by atoms with Crippen molar-refractivity contribution in [2.24, 2.45) is 0 Å². The third kappa shape index (κ3) is 4.95. The molecule has 8 nitrogen and oxygen atoms in total. The van der Waals surface area contributed by atoms with Crippen molar-refractivity contribution >= 4 is 34.8 Å². The molecule has 2 aromatic rings. The van der Waals surface area contributed by atoms with Gasteiger partial charge in [0.1, 0.15) is 5.56 Å². The lowest BCUT2D eigenvalue weighted by atomic mass is 10.1. The van der Waals surface area contributed by atoms with Crippen molar-refractivity contribution in [1.82, 2.24) is 9.80 Å². The highest BCUT2D eigenvalue weighted by Gasteiger charge is 2.28. The van der Waals surface area contributed by atoms with Gasteiger partial charge in [0.15, 0.2) is 0 Å². The average Bonchev–Trinajstić information content (AvgIpc) is 2.71. The minimum atomic E-state index is -0.586. The van der Waals surface area contributed by atoms with E-state index in [2.05, 4.69) is 5.32 Å². The van der Waals surface area contributed by atoms with Gasteiger partial charge in [0.05, 0.1) is 11.5 Å². The van der Waals surface area contributed by atoms with E-state index in [0.29, 0.717) is 26.2 Å². The average molecular weight is 431 g/mol. The lowest BCUT2D eigenvalue weighted by Gasteiger charge is -2.34. The minimum Gasteiger partial charge on any atom is -0.336 e. The Balaban J connectivity index is 1.58. The molecular weight excluding hydrogens is 408 g/mol. The maximum absolute atomic E-state index is 12.8. The van der Waals surface area contributed by atoms with Crippen LogP contribution in [0.3, 0.4) is 0 Å². The van der Waals surface area contributed by atoms with E-state index in [-0.39, 0.29) is 28.7 Å². The molecule has 30 heavy (non-hydrogen) atoms. The molecule has 2 aromatic carbocycles. The molecule has 0 aromatic heterocycles. The molecule has 0 spiro atoms. The number of nitrogens with one attached hydrogen (secondary N) is 1. The molecule has 0 aliphatic carbocycles. The van der Waals surface area contributed by atoms with Crippen LogP contribution in [-0.4, -0.2) is 59.3 Å². The van der Waals surface area contributed by atoms with E-state index < -0.39 is 10.8 Å². The summed E-state index contributed by atoms with van der Waals surface area (Å²) in [6, 6.07) is 9.72. The van der Waals surface area contributed by atoms with Crippen LogP contribution in [0, 0.1) is 24.0 Å². The monoisotopic (exact) mass is 430 g/mol. The highest BCUT2D eigenvalue weighted by Crippen LogP contribution is 2.24. The second-order valence-corrected chi connectivity index (χ2v) is 7.72. The molecular formula is C21H23ClN4O4. The summed E-state index contributed by atoms with van der Waals surface area (Å²) in [6.45, 7) is 5.92. The number of piperazine rings is 1. The first-order valence-corrected chi connectivity index (χ1v) is 9.95. The van der Waals surface area contributed by atoms with Gasteiger partial charge in [-0.25, -0.2) is 0 Å². The largest absolute Gasteiger partial charge is 0.336 e. The summed E-state index contributed by atoms with van der Waals surface area (Å²) in [6.07, 6.45) is 0. The van der Waals surface area contributed by atoms with Gasteiger partial charge in [-0.15, -0.1) is 0 Å². The Morgan fingerprint density at radius 3 is 2.50 bits per heavy atom. The third-order valence-electron chi connectivity index (χ3n) is 5.29. The second kappa shape index (κ2) is 9.23. The number of aryl methyl sites for hydroxylation is 1. The van der Waals surface area contributed by atoms with E-state index in [4.69, 9.17) is 11.6 Å². The van der Waals surface area contributed by atoms with E-state index in [1.54, 1.807) is 4.90 Å². The van der Waals surface area contributed by atoms with Crippen molar-refractivity contribution in [2.75, 3.05) is 38.0 Å². The molecule has 0 radical (unpaired) electrons. The molecule has 158 valence electrons. The van der Waals surface area contributed by atoms with Gasteiger partial charge >= 0.3 is 0 Å². The summed E-state index contributed by atoms with van der Waals surface area (Å²) >= 11 is 5.93. The standard InChI is InChI=1S/C21H23ClN4O4/c1-14-4-3-5-18(15(14)2)23-20(27)13-24-8-10-25(11-9-24)21(28)17-12-16(22)6-7-19(17)26(29)30/h3-7,12H,8-11,13H2,1-2H3,(H,23,27). The van der Waals surface area contributed by atoms with Gasteiger partial charge in [0, 0.05) is 43.0 Å². The Morgan fingerprint density at radius 2 is 1.83 bits per heavy atom. The number of hydrogen-bond acceptors (Lipinski definition) is 5. The van der Waals surface area contributed by atoms with E-state index in [9.17, 15) is 19.7 Å². The molecule has 0 saturated carbocycles. The van der Waals surface area contributed by atoms with Gasteiger partial charge in [-0.3, -0.25) is 24.6 Å². The van der Waals surface area contributed by atoms with Crippen LogP contribution in [0.4, 0.5) is 11.4 Å². The van der Waals surface area contributed by atoms with Crippen LogP contribution in [-0.2, 0) is 4.79 Å². The molecule has 1 fully saturated rings. The minimum absolute atomic E-state index is 0.0198. The smallest absolute Gasteiger partial charge is 0.282 e. The second-order valence-electron chi connectivity index (χ2n) is 7.28.